The molecule has 0 heterocycles. The van der Waals surface area contributed by atoms with Crippen LogP contribution in [0.25, 0.3) is 0 Å². The molecule has 120 valence electrons. The van der Waals surface area contributed by atoms with Gasteiger partial charge < -0.3 is 15.4 Å². The van der Waals surface area contributed by atoms with Crippen LogP contribution in [0, 0.1) is 0 Å². The molecular weight excluding hydrogens is 316 g/mol. The molecule has 2 amide bonds. The molecule has 0 aromatic heterocycles. The zero-order valence-corrected chi connectivity index (χ0v) is 13.6. The van der Waals surface area contributed by atoms with E-state index in [1.807, 2.05) is 6.07 Å². The highest BCUT2D eigenvalue weighted by Gasteiger charge is 2.10. The molecular formula is C17H17ClN2O3. The Morgan fingerprint density at radius 2 is 1.91 bits per heavy atom. The maximum Gasteiger partial charge on any atom is 0.228 e. The summed E-state index contributed by atoms with van der Waals surface area (Å²) in [5.74, 6) is 0.121. The van der Waals surface area contributed by atoms with E-state index in [0.29, 0.717) is 22.1 Å². The number of amides is 2. The van der Waals surface area contributed by atoms with E-state index < -0.39 is 0 Å². The van der Waals surface area contributed by atoms with Gasteiger partial charge in [-0.2, -0.15) is 0 Å². The van der Waals surface area contributed by atoms with Gasteiger partial charge in [0.25, 0.3) is 0 Å². The molecule has 0 unspecified atom stereocenters. The fourth-order valence-corrected chi connectivity index (χ4v) is 2.33. The number of benzene rings is 2. The Morgan fingerprint density at radius 1 is 1.13 bits per heavy atom. The number of nitrogens with one attached hydrogen (secondary N) is 2. The second-order valence-corrected chi connectivity index (χ2v) is 5.39. The fraction of sp³-hybridized carbons (Fsp3) is 0.176. The number of ether oxygens (including phenoxy) is 1. The lowest BCUT2D eigenvalue weighted by molar-refractivity contribution is -0.116. The summed E-state index contributed by atoms with van der Waals surface area (Å²) in [5.41, 5.74) is 1.88. The number of rotatable bonds is 5. The van der Waals surface area contributed by atoms with Gasteiger partial charge in [0.05, 0.1) is 19.2 Å². The smallest absolute Gasteiger partial charge is 0.228 e. The van der Waals surface area contributed by atoms with Gasteiger partial charge in [-0.15, -0.1) is 0 Å². The molecule has 23 heavy (non-hydrogen) atoms. The Bertz CT molecular complexity index is 732. The van der Waals surface area contributed by atoms with Crippen molar-refractivity contribution in [1.82, 2.24) is 0 Å². The standard InChI is InChI=1S/C17H17ClN2O3/c1-11(21)19-14-6-7-16(23-2)15(10-14)20-17(22)9-12-4-3-5-13(18)8-12/h3-8,10H,9H2,1-2H3,(H,19,21)(H,20,22). The van der Waals surface area contributed by atoms with Crippen molar-refractivity contribution in [2.24, 2.45) is 0 Å². The van der Waals surface area contributed by atoms with Gasteiger partial charge in [-0.3, -0.25) is 9.59 Å². The van der Waals surface area contributed by atoms with Crippen LogP contribution in [0.4, 0.5) is 11.4 Å². The Balaban J connectivity index is 2.13. The molecule has 0 aliphatic rings. The first kappa shape index (κ1) is 16.8. The van der Waals surface area contributed by atoms with Crippen molar-refractivity contribution < 1.29 is 14.3 Å². The third kappa shape index (κ3) is 5.00. The molecule has 2 rings (SSSR count). The summed E-state index contributed by atoms with van der Waals surface area (Å²) in [6, 6.07) is 12.2. The van der Waals surface area contributed by atoms with Gasteiger partial charge >= 0.3 is 0 Å². The Labute approximate surface area is 139 Å². The number of halogens is 1. The predicted octanol–water partition coefficient (Wildman–Crippen LogP) is 3.49. The molecule has 0 fully saturated rings. The lowest BCUT2D eigenvalue weighted by Gasteiger charge is -2.12. The number of anilines is 2. The number of carbonyl (C=O) groups is 2. The van der Waals surface area contributed by atoms with E-state index in [-0.39, 0.29) is 18.2 Å². The summed E-state index contributed by atoms with van der Waals surface area (Å²) >= 11 is 5.91. The molecule has 6 heteroatoms. The Hall–Kier alpha value is -2.53. The van der Waals surface area contributed by atoms with Crippen molar-refractivity contribution in [2.75, 3.05) is 17.7 Å². The van der Waals surface area contributed by atoms with E-state index in [1.165, 1.54) is 14.0 Å². The molecule has 0 saturated heterocycles. The monoisotopic (exact) mass is 332 g/mol. The molecule has 0 aliphatic carbocycles. The molecule has 0 radical (unpaired) electrons. The van der Waals surface area contributed by atoms with Crippen molar-refractivity contribution in [1.29, 1.82) is 0 Å². The minimum absolute atomic E-state index is 0.189. The van der Waals surface area contributed by atoms with E-state index in [2.05, 4.69) is 10.6 Å². The molecule has 0 bridgehead atoms. The third-order valence-electron chi connectivity index (χ3n) is 3.05. The zero-order chi connectivity index (χ0) is 16.8. The van der Waals surface area contributed by atoms with E-state index in [4.69, 9.17) is 16.3 Å². The van der Waals surface area contributed by atoms with Crippen LogP contribution in [0.2, 0.25) is 5.02 Å². The highest BCUT2D eigenvalue weighted by molar-refractivity contribution is 6.30. The van der Waals surface area contributed by atoms with Gasteiger partial charge in [0.2, 0.25) is 11.8 Å². The largest absolute Gasteiger partial charge is 0.495 e. The first-order chi connectivity index (χ1) is 11.0. The molecule has 0 atom stereocenters. The summed E-state index contributed by atoms with van der Waals surface area (Å²) in [4.78, 5) is 23.3. The summed E-state index contributed by atoms with van der Waals surface area (Å²) < 4.78 is 5.23. The Morgan fingerprint density at radius 3 is 2.57 bits per heavy atom. The lowest BCUT2D eigenvalue weighted by atomic mass is 10.1. The minimum atomic E-state index is -0.203. The van der Waals surface area contributed by atoms with E-state index in [9.17, 15) is 9.59 Å². The average Bonchev–Trinajstić information content (AvgIpc) is 2.46. The summed E-state index contributed by atoms with van der Waals surface area (Å²) in [7, 11) is 1.51. The lowest BCUT2D eigenvalue weighted by Crippen LogP contribution is -2.15. The molecule has 5 nitrogen and oxygen atoms in total. The van der Waals surface area contributed by atoms with E-state index in [1.54, 1.807) is 36.4 Å². The maximum atomic E-state index is 12.2. The Kier molecular flexibility index (Phi) is 5.60. The molecule has 2 aromatic rings. The summed E-state index contributed by atoms with van der Waals surface area (Å²) in [6.45, 7) is 1.42. The molecule has 2 aromatic carbocycles. The van der Waals surface area contributed by atoms with E-state index >= 15 is 0 Å². The van der Waals surface area contributed by atoms with Crippen LogP contribution in [0.15, 0.2) is 42.5 Å². The quantitative estimate of drug-likeness (QED) is 0.880. The number of carbonyl (C=O) groups excluding carboxylic acids is 2. The van der Waals surface area contributed by atoms with Gasteiger partial charge in [-0.1, -0.05) is 23.7 Å². The third-order valence-corrected chi connectivity index (χ3v) is 3.28. The van der Waals surface area contributed by atoms with Crippen molar-refractivity contribution in [2.45, 2.75) is 13.3 Å². The van der Waals surface area contributed by atoms with Crippen molar-refractivity contribution in [3.8, 4) is 5.75 Å². The second-order valence-electron chi connectivity index (χ2n) is 4.95. The van der Waals surface area contributed by atoms with Gasteiger partial charge in [-0.05, 0) is 35.9 Å². The van der Waals surface area contributed by atoms with Crippen LogP contribution in [-0.4, -0.2) is 18.9 Å². The first-order valence-electron chi connectivity index (χ1n) is 6.98. The predicted molar refractivity (Wildman–Crippen MR) is 91.1 cm³/mol. The number of hydrogen-bond donors (Lipinski definition) is 2. The van der Waals surface area contributed by atoms with Crippen molar-refractivity contribution >= 4 is 34.8 Å². The zero-order valence-electron chi connectivity index (χ0n) is 12.9. The molecule has 0 saturated carbocycles. The highest BCUT2D eigenvalue weighted by atomic mass is 35.5. The summed E-state index contributed by atoms with van der Waals surface area (Å²) in [5, 5.41) is 6.03. The normalized spacial score (nSPS) is 10.0. The minimum Gasteiger partial charge on any atom is -0.495 e. The molecule has 2 N–H and O–H groups in total. The SMILES string of the molecule is COc1ccc(NC(C)=O)cc1NC(=O)Cc1cccc(Cl)c1. The van der Waals surface area contributed by atoms with Crippen LogP contribution in [0.5, 0.6) is 5.75 Å². The second kappa shape index (κ2) is 7.65. The van der Waals surface area contributed by atoms with Gasteiger partial charge in [0.15, 0.2) is 0 Å². The average molecular weight is 333 g/mol. The molecule has 0 aliphatic heterocycles. The van der Waals surface area contributed by atoms with Crippen LogP contribution in [0.3, 0.4) is 0 Å². The summed E-state index contributed by atoms with van der Waals surface area (Å²) in [6.07, 6.45) is 0.189. The van der Waals surface area contributed by atoms with E-state index in [0.717, 1.165) is 5.56 Å². The van der Waals surface area contributed by atoms with Crippen LogP contribution in [0.1, 0.15) is 12.5 Å². The maximum absolute atomic E-state index is 12.2. The van der Waals surface area contributed by atoms with Crippen molar-refractivity contribution in [3.63, 3.8) is 0 Å². The number of hydrogen-bond acceptors (Lipinski definition) is 3. The molecule has 0 spiro atoms. The van der Waals surface area contributed by atoms with Crippen LogP contribution in [-0.2, 0) is 16.0 Å². The topological polar surface area (TPSA) is 67.4 Å². The van der Waals surface area contributed by atoms with Crippen LogP contribution < -0.4 is 15.4 Å². The highest BCUT2D eigenvalue weighted by Crippen LogP contribution is 2.28. The van der Waals surface area contributed by atoms with Gasteiger partial charge in [0.1, 0.15) is 5.75 Å². The number of methoxy groups -OCH3 is 1. The van der Waals surface area contributed by atoms with Gasteiger partial charge in [-0.25, -0.2) is 0 Å². The van der Waals surface area contributed by atoms with Crippen molar-refractivity contribution in [3.05, 3.63) is 53.1 Å². The fourth-order valence-electron chi connectivity index (χ4n) is 2.11. The van der Waals surface area contributed by atoms with Gasteiger partial charge in [0, 0.05) is 17.6 Å². The van der Waals surface area contributed by atoms with Crippen LogP contribution >= 0.6 is 11.6 Å². The first-order valence-corrected chi connectivity index (χ1v) is 7.35.